The van der Waals surface area contributed by atoms with E-state index in [1.165, 1.54) is 56.6 Å². The summed E-state index contributed by atoms with van der Waals surface area (Å²) in [5, 5.41) is 3.60. The zero-order valence-corrected chi connectivity index (χ0v) is 12.1. The highest BCUT2D eigenvalue weighted by Gasteiger charge is 2.23. The Morgan fingerprint density at radius 3 is 3.05 bits per heavy atom. The largest absolute Gasteiger partial charge is 0.384 e. The Balaban J connectivity index is 1.57. The van der Waals surface area contributed by atoms with Gasteiger partial charge in [0.05, 0.1) is 0 Å². The van der Waals surface area contributed by atoms with Crippen molar-refractivity contribution in [3.8, 4) is 0 Å². The van der Waals surface area contributed by atoms with Gasteiger partial charge in [-0.1, -0.05) is 31.5 Å². The number of fused-ring (bicyclic) bond motifs is 1. The number of benzene rings is 1. The Morgan fingerprint density at radius 1 is 1.26 bits per heavy atom. The number of likely N-dealkylation sites (tertiary alicyclic amines) is 1. The molecule has 19 heavy (non-hydrogen) atoms. The molecule has 2 heterocycles. The van der Waals surface area contributed by atoms with Gasteiger partial charge in [0.2, 0.25) is 0 Å². The first kappa shape index (κ1) is 13.0. The molecule has 2 unspecified atom stereocenters. The standard InChI is InChI=1S/C17H26N2/c1-2-14-6-5-9-19(12-14)13-15-10-16-7-3-4-8-17(16)18-11-15/h3-4,7-8,14-15,18H,2,5-6,9-13H2,1H3. The van der Waals surface area contributed by atoms with Crippen LogP contribution in [-0.2, 0) is 6.42 Å². The zero-order valence-electron chi connectivity index (χ0n) is 12.1. The van der Waals surface area contributed by atoms with E-state index in [-0.39, 0.29) is 0 Å². The summed E-state index contributed by atoms with van der Waals surface area (Å²) in [6, 6.07) is 8.78. The lowest BCUT2D eigenvalue weighted by Crippen LogP contribution is -2.41. The number of nitrogens with one attached hydrogen (secondary N) is 1. The topological polar surface area (TPSA) is 15.3 Å². The Labute approximate surface area is 117 Å². The monoisotopic (exact) mass is 258 g/mol. The maximum atomic E-state index is 3.60. The molecule has 0 radical (unpaired) electrons. The third kappa shape index (κ3) is 3.11. The number of hydrogen-bond acceptors (Lipinski definition) is 2. The first-order valence-corrected chi connectivity index (χ1v) is 7.89. The highest BCUT2D eigenvalue weighted by Crippen LogP contribution is 2.26. The summed E-state index contributed by atoms with van der Waals surface area (Å²) in [4.78, 5) is 2.71. The van der Waals surface area contributed by atoms with Gasteiger partial charge in [0.15, 0.2) is 0 Å². The van der Waals surface area contributed by atoms with Crippen molar-refractivity contribution >= 4 is 5.69 Å². The van der Waals surface area contributed by atoms with Gasteiger partial charge in [-0.05, 0) is 49.3 Å². The Kier molecular flexibility index (Phi) is 4.07. The Bertz CT molecular complexity index is 415. The van der Waals surface area contributed by atoms with Gasteiger partial charge in [0.1, 0.15) is 0 Å². The van der Waals surface area contributed by atoms with E-state index < -0.39 is 0 Å². The van der Waals surface area contributed by atoms with Crippen LogP contribution in [0.5, 0.6) is 0 Å². The minimum Gasteiger partial charge on any atom is -0.384 e. The highest BCUT2D eigenvalue weighted by atomic mass is 15.1. The van der Waals surface area contributed by atoms with Crippen LogP contribution in [0.15, 0.2) is 24.3 Å². The van der Waals surface area contributed by atoms with Crippen LogP contribution in [0.4, 0.5) is 5.69 Å². The molecule has 2 heteroatoms. The average molecular weight is 258 g/mol. The molecule has 1 aromatic carbocycles. The summed E-state index contributed by atoms with van der Waals surface area (Å²) in [6.45, 7) is 7.40. The molecule has 0 saturated carbocycles. The molecule has 2 atom stereocenters. The molecule has 0 spiro atoms. The van der Waals surface area contributed by atoms with Gasteiger partial charge in [-0.2, -0.15) is 0 Å². The number of piperidine rings is 1. The first-order valence-electron chi connectivity index (χ1n) is 7.89. The minimum absolute atomic E-state index is 0.783. The van der Waals surface area contributed by atoms with Crippen molar-refractivity contribution in [1.82, 2.24) is 4.90 Å². The molecule has 1 N–H and O–H groups in total. The second kappa shape index (κ2) is 5.96. The fraction of sp³-hybridized carbons (Fsp3) is 0.647. The van der Waals surface area contributed by atoms with Crippen molar-refractivity contribution in [3.63, 3.8) is 0 Å². The van der Waals surface area contributed by atoms with E-state index in [0.29, 0.717) is 0 Å². The van der Waals surface area contributed by atoms with Crippen molar-refractivity contribution in [3.05, 3.63) is 29.8 Å². The van der Waals surface area contributed by atoms with Crippen LogP contribution < -0.4 is 5.32 Å². The number of anilines is 1. The molecule has 0 amide bonds. The van der Waals surface area contributed by atoms with Crippen molar-refractivity contribution in [2.45, 2.75) is 32.6 Å². The minimum atomic E-state index is 0.783. The summed E-state index contributed by atoms with van der Waals surface area (Å²) in [6.07, 6.45) is 5.44. The van der Waals surface area contributed by atoms with Crippen LogP contribution in [0.3, 0.4) is 0 Å². The molecule has 0 aromatic heterocycles. The smallest absolute Gasteiger partial charge is 0.0372 e. The molecule has 3 rings (SSSR count). The molecular weight excluding hydrogens is 232 g/mol. The zero-order chi connectivity index (χ0) is 13.1. The van der Waals surface area contributed by atoms with E-state index in [1.54, 1.807) is 0 Å². The lowest BCUT2D eigenvalue weighted by atomic mass is 9.91. The number of rotatable bonds is 3. The van der Waals surface area contributed by atoms with Crippen LogP contribution in [0, 0.1) is 11.8 Å². The molecule has 1 saturated heterocycles. The van der Waals surface area contributed by atoms with Crippen LogP contribution in [0.25, 0.3) is 0 Å². The van der Waals surface area contributed by atoms with E-state index in [0.717, 1.165) is 18.4 Å². The van der Waals surface area contributed by atoms with Crippen molar-refractivity contribution in [1.29, 1.82) is 0 Å². The second-order valence-corrected chi connectivity index (χ2v) is 6.28. The van der Waals surface area contributed by atoms with Crippen LogP contribution in [0.1, 0.15) is 31.7 Å². The number of para-hydroxylation sites is 1. The molecule has 104 valence electrons. The van der Waals surface area contributed by atoms with E-state index in [2.05, 4.69) is 41.4 Å². The molecule has 2 aliphatic rings. The van der Waals surface area contributed by atoms with Gasteiger partial charge in [-0.15, -0.1) is 0 Å². The lowest BCUT2D eigenvalue weighted by molar-refractivity contribution is 0.150. The lowest BCUT2D eigenvalue weighted by Gasteiger charge is -2.36. The van der Waals surface area contributed by atoms with E-state index in [4.69, 9.17) is 0 Å². The number of hydrogen-bond donors (Lipinski definition) is 1. The fourth-order valence-corrected chi connectivity index (χ4v) is 3.65. The quantitative estimate of drug-likeness (QED) is 0.894. The normalized spacial score (nSPS) is 27.6. The Morgan fingerprint density at radius 2 is 2.16 bits per heavy atom. The van der Waals surface area contributed by atoms with Gasteiger partial charge in [0.25, 0.3) is 0 Å². The first-order chi connectivity index (χ1) is 9.35. The van der Waals surface area contributed by atoms with Gasteiger partial charge in [0, 0.05) is 25.3 Å². The highest BCUT2D eigenvalue weighted by molar-refractivity contribution is 5.53. The molecule has 1 aromatic rings. The Hall–Kier alpha value is -1.02. The van der Waals surface area contributed by atoms with Crippen molar-refractivity contribution in [2.75, 3.05) is 31.5 Å². The van der Waals surface area contributed by atoms with Crippen LogP contribution >= 0.6 is 0 Å². The maximum absolute atomic E-state index is 3.60. The maximum Gasteiger partial charge on any atom is 0.0372 e. The predicted molar refractivity (Wildman–Crippen MR) is 81.6 cm³/mol. The van der Waals surface area contributed by atoms with Gasteiger partial charge < -0.3 is 10.2 Å². The average Bonchev–Trinajstić information content (AvgIpc) is 2.47. The van der Waals surface area contributed by atoms with E-state index >= 15 is 0 Å². The van der Waals surface area contributed by atoms with Gasteiger partial charge in [-0.25, -0.2) is 0 Å². The summed E-state index contributed by atoms with van der Waals surface area (Å²) < 4.78 is 0. The SMILES string of the molecule is CCC1CCCN(CC2CNc3ccccc3C2)C1. The summed E-state index contributed by atoms with van der Waals surface area (Å²) in [5.74, 6) is 1.73. The van der Waals surface area contributed by atoms with Crippen molar-refractivity contribution < 1.29 is 0 Å². The summed E-state index contributed by atoms with van der Waals surface area (Å²) >= 11 is 0. The molecule has 0 bridgehead atoms. The fourth-order valence-electron chi connectivity index (χ4n) is 3.65. The van der Waals surface area contributed by atoms with E-state index in [1.807, 2.05) is 0 Å². The molecule has 2 nitrogen and oxygen atoms in total. The van der Waals surface area contributed by atoms with E-state index in [9.17, 15) is 0 Å². The molecule has 2 aliphatic heterocycles. The molecule has 0 aliphatic carbocycles. The van der Waals surface area contributed by atoms with Crippen LogP contribution in [-0.4, -0.2) is 31.1 Å². The third-order valence-corrected chi connectivity index (χ3v) is 4.80. The van der Waals surface area contributed by atoms with Gasteiger partial charge in [-0.3, -0.25) is 0 Å². The van der Waals surface area contributed by atoms with Crippen LogP contribution in [0.2, 0.25) is 0 Å². The van der Waals surface area contributed by atoms with Crippen molar-refractivity contribution in [2.24, 2.45) is 11.8 Å². The molecule has 1 fully saturated rings. The predicted octanol–water partition coefficient (Wildman–Crippen LogP) is 3.39. The van der Waals surface area contributed by atoms with Gasteiger partial charge >= 0.3 is 0 Å². The summed E-state index contributed by atoms with van der Waals surface area (Å²) in [7, 11) is 0. The number of nitrogens with zero attached hydrogens (tertiary/aromatic N) is 1. The summed E-state index contributed by atoms with van der Waals surface area (Å²) in [5.41, 5.74) is 2.85. The third-order valence-electron chi connectivity index (χ3n) is 4.80. The molecular formula is C17H26N2. The second-order valence-electron chi connectivity index (χ2n) is 6.28.